The topological polar surface area (TPSA) is 56.0 Å². The summed E-state index contributed by atoms with van der Waals surface area (Å²) in [7, 11) is 0. The minimum atomic E-state index is -0.489. The zero-order valence-electron chi connectivity index (χ0n) is 5.93. The molecule has 0 aromatic carbocycles. The van der Waals surface area contributed by atoms with Crippen molar-refractivity contribution in [3.05, 3.63) is 0 Å². The third-order valence-corrected chi connectivity index (χ3v) is 1.94. The molecule has 0 amide bonds. The lowest BCUT2D eigenvalue weighted by molar-refractivity contribution is -0.0304. The van der Waals surface area contributed by atoms with Gasteiger partial charge in [-0.3, -0.25) is 0 Å². The van der Waals surface area contributed by atoms with Crippen molar-refractivity contribution in [2.75, 3.05) is 13.1 Å². The first-order chi connectivity index (χ1) is 4.77. The monoisotopic (exact) mass is 140 g/mol. The zero-order chi connectivity index (χ0) is 7.45. The highest BCUT2D eigenvalue weighted by Crippen LogP contribution is 2.30. The molecule has 2 N–H and O–H groups in total. The molecule has 1 aliphatic rings. The molecule has 1 rings (SSSR count). The summed E-state index contributed by atoms with van der Waals surface area (Å²) in [5.41, 5.74) is -0.489. The summed E-state index contributed by atoms with van der Waals surface area (Å²) in [6.07, 6.45) is 2.88. The van der Waals surface area contributed by atoms with Crippen molar-refractivity contribution in [1.29, 1.82) is 5.26 Å². The summed E-state index contributed by atoms with van der Waals surface area (Å²) in [4.78, 5) is 0. The minimum absolute atomic E-state index is 0.336. The van der Waals surface area contributed by atoms with Crippen LogP contribution in [0.2, 0.25) is 0 Å². The van der Waals surface area contributed by atoms with E-state index in [1.165, 1.54) is 0 Å². The Morgan fingerprint density at radius 1 is 1.60 bits per heavy atom. The Labute approximate surface area is 60.7 Å². The smallest absolute Gasteiger partial charge is 0.0841 e. The SMILES string of the molecule is N#CCNCC1(O)CCC1. The van der Waals surface area contributed by atoms with Crippen LogP contribution in [0.25, 0.3) is 0 Å². The van der Waals surface area contributed by atoms with E-state index in [0.29, 0.717) is 13.1 Å². The highest BCUT2D eigenvalue weighted by atomic mass is 16.3. The fraction of sp³-hybridized carbons (Fsp3) is 0.857. The first-order valence-electron chi connectivity index (χ1n) is 3.57. The second kappa shape index (κ2) is 3.00. The fourth-order valence-electron chi connectivity index (χ4n) is 1.11. The molecule has 56 valence electrons. The highest BCUT2D eigenvalue weighted by Gasteiger charge is 2.33. The lowest BCUT2D eigenvalue weighted by atomic mass is 9.80. The van der Waals surface area contributed by atoms with Crippen molar-refractivity contribution < 1.29 is 5.11 Å². The lowest BCUT2D eigenvalue weighted by Crippen LogP contribution is -2.46. The van der Waals surface area contributed by atoms with Crippen LogP contribution < -0.4 is 5.32 Å². The standard InChI is InChI=1S/C7H12N2O/c8-4-5-9-6-7(10)2-1-3-7/h9-10H,1-3,5-6H2. The van der Waals surface area contributed by atoms with Gasteiger partial charge in [-0.15, -0.1) is 0 Å². The Morgan fingerprint density at radius 3 is 2.70 bits per heavy atom. The van der Waals surface area contributed by atoms with E-state index in [2.05, 4.69) is 5.32 Å². The van der Waals surface area contributed by atoms with Crippen molar-refractivity contribution in [1.82, 2.24) is 5.32 Å². The number of nitrogens with zero attached hydrogens (tertiary/aromatic N) is 1. The van der Waals surface area contributed by atoms with Gasteiger partial charge in [0, 0.05) is 6.54 Å². The molecule has 10 heavy (non-hydrogen) atoms. The zero-order valence-corrected chi connectivity index (χ0v) is 5.93. The van der Waals surface area contributed by atoms with E-state index in [9.17, 15) is 5.11 Å². The summed E-state index contributed by atoms with van der Waals surface area (Å²) in [6.45, 7) is 0.906. The van der Waals surface area contributed by atoms with E-state index in [0.717, 1.165) is 19.3 Å². The van der Waals surface area contributed by atoms with Gasteiger partial charge < -0.3 is 10.4 Å². The molecule has 1 saturated carbocycles. The summed E-state index contributed by atoms with van der Waals surface area (Å²) in [5, 5.41) is 20.5. The third-order valence-electron chi connectivity index (χ3n) is 1.94. The first-order valence-corrected chi connectivity index (χ1v) is 3.57. The van der Waals surface area contributed by atoms with Crippen molar-refractivity contribution in [2.24, 2.45) is 0 Å². The number of nitriles is 1. The second-order valence-corrected chi connectivity index (χ2v) is 2.84. The highest BCUT2D eigenvalue weighted by molar-refractivity contribution is 4.90. The molecular weight excluding hydrogens is 128 g/mol. The predicted octanol–water partition coefficient (Wildman–Crippen LogP) is 0.0146. The first kappa shape index (κ1) is 7.52. The van der Waals surface area contributed by atoms with Crippen molar-refractivity contribution in [2.45, 2.75) is 24.9 Å². The number of hydrogen-bond donors (Lipinski definition) is 2. The van der Waals surface area contributed by atoms with E-state index in [4.69, 9.17) is 5.26 Å². The normalized spacial score (nSPS) is 21.2. The van der Waals surface area contributed by atoms with Gasteiger partial charge in [-0.2, -0.15) is 5.26 Å². The maximum atomic E-state index is 9.46. The number of hydrogen-bond acceptors (Lipinski definition) is 3. The molecule has 1 fully saturated rings. The summed E-state index contributed by atoms with van der Waals surface area (Å²) in [5.74, 6) is 0. The molecule has 0 aromatic rings. The Kier molecular flexibility index (Phi) is 2.25. The Bertz CT molecular complexity index is 146. The summed E-state index contributed by atoms with van der Waals surface area (Å²) in [6, 6.07) is 1.97. The van der Waals surface area contributed by atoms with Crippen LogP contribution in [0.4, 0.5) is 0 Å². The molecule has 1 aliphatic carbocycles. The number of nitrogens with one attached hydrogen (secondary N) is 1. The second-order valence-electron chi connectivity index (χ2n) is 2.84. The average molecular weight is 140 g/mol. The average Bonchev–Trinajstić information content (AvgIpc) is 1.85. The molecule has 3 nitrogen and oxygen atoms in total. The Morgan fingerprint density at radius 2 is 2.30 bits per heavy atom. The van der Waals surface area contributed by atoms with Gasteiger partial charge in [-0.25, -0.2) is 0 Å². The minimum Gasteiger partial charge on any atom is -0.389 e. The maximum Gasteiger partial charge on any atom is 0.0841 e. The van der Waals surface area contributed by atoms with Gasteiger partial charge in [0.2, 0.25) is 0 Å². The van der Waals surface area contributed by atoms with Crippen LogP contribution in [0.15, 0.2) is 0 Å². The quantitative estimate of drug-likeness (QED) is 0.429. The Balaban J connectivity index is 2.07. The van der Waals surface area contributed by atoms with Crippen LogP contribution in [0.3, 0.4) is 0 Å². The fourth-order valence-corrected chi connectivity index (χ4v) is 1.11. The van der Waals surface area contributed by atoms with E-state index < -0.39 is 5.60 Å². The molecular formula is C7H12N2O. The largest absolute Gasteiger partial charge is 0.389 e. The van der Waals surface area contributed by atoms with E-state index in [1.807, 2.05) is 6.07 Å². The van der Waals surface area contributed by atoms with Gasteiger partial charge in [0.1, 0.15) is 0 Å². The van der Waals surface area contributed by atoms with Gasteiger partial charge in [0.05, 0.1) is 18.2 Å². The van der Waals surface area contributed by atoms with Crippen molar-refractivity contribution >= 4 is 0 Å². The van der Waals surface area contributed by atoms with Crippen molar-refractivity contribution in [3.63, 3.8) is 0 Å². The van der Waals surface area contributed by atoms with Gasteiger partial charge in [-0.05, 0) is 19.3 Å². The van der Waals surface area contributed by atoms with E-state index in [1.54, 1.807) is 0 Å². The molecule has 0 aromatic heterocycles. The summed E-state index contributed by atoms with van der Waals surface area (Å²) < 4.78 is 0. The number of aliphatic hydroxyl groups is 1. The van der Waals surface area contributed by atoms with Gasteiger partial charge in [0.15, 0.2) is 0 Å². The molecule has 3 heteroatoms. The van der Waals surface area contributed by atoms with Crippen LogP contribution in [-0.2, 0) is 0 Å². The van der Waals surface area contributed by atoms with E-state index in [-0.39, 0.29) is 0 Å². The lowest BCUT2D eigenvalue weighted by Gasteiger charge is -2.36. The molecule has 0 aliphatic heterocycles. The molecule has 0 saturated heterocycles. The summed E-state index contributed by atoms with van der Waals surface area (Å²) >= 11 is 0. The number of rotatable bonds is 3. The van der Waals surface area contributed by atoms with Crippen LogP contribution in [0, 0.1) is 11.3 Å². The van der Waals surface area contributed by atoms with Gasteiger partial charge in [-0.1, -0.05) is 0 Å². The third kappa shape index (κ3) is 1.69. The molecule has 0 atom stereocenters. The van der Waals surface area contributed by atoms with Crippen LogP contribution in [0.1, 0.15) is 19.3 Å². The Hall–Kier alpha value is -0.590. The van der Waals surface area contributed by atoms with Crippen molar-refractivity contribution in [3.8, 4) is 6.07 Å². The van der Waals surface area contributed by atoms with Gasteiger partial charge >= 0.3 is 0 Å². The molecule has 0 spiro atoms. The van der Waals surface area contributed by atoms with Crippen LogP contribution in [-0.4, -0.2) is 23.8 Å². The van der Waals surface area contributed by atoms with Gasteiger partial charge in [0.25, 0.3) is 0 Å². The van der Waals surface area contributed by atoms with Crippen LogP contribution >= 0.6 is 0 Å². The molecule has 0 heterocycles. The van der Waals surface area contributed by atoms with E-state index >= 15 is 0 Å². The maximum absolute atomic E-state index is 9.46. The van der Waals surface area contributed by atoms with Crippen LogP contribution in [0.5, 0.6) is 0 Å². The molecule has 0 radical (unpaired) electrons. The molecule has 0 bridgehead atoms. The molecule has 0 unspecified atom stereocenters. The predicted molar refractivity (Wildman–Crippen MR) is 37.3 cm³/mol.